The number of aromatic nitrogens is 2. The van der Waals surface area contributed by atoms with E-state index in [0.29, 0.717) is 6.04 Å². The minimum atomic E-state index is 0.359. The van der Waals surface area contributed by atoms with Crippen LogP contribution in [-0.2, 0) is 13.6 Å². The molecule has 21 heavy (non-hydrogen) atoms. The highest BCUT2D eigenvalue weighted by Crippen LogP contribution is 2.16. The van der Waals surface area contributed by atoms with Gasteiger partial charge in [-0.2, -0.15) is 5.10 Å². The molecule has 1 atom stereocenters. The Morgan fingerprint density at radius 1 is 1.29 bits per heavy atom. The number of nitrogens with zero attached hydrogens (tertiary/aromatic N) is 3. The summed E-state index contributed by atoms with van der Waals surface area (Å²) in [7, 11) is 4.11. The van der Waals surface area contributed by atoms with Crippen molar-refractivity contribution < 1.29 is 0 Å². The molecule has 1 aromatic carbocycles. The lowest BCUT2D eigenvalue weighted by atomic mass is 10.0. The fourth-order valence-electron chi connectivity index (χ4n) is 2.57. The van der Waals surface area contributed by atoms with Crippen molar-refractivity contribution in [3.63, 3.8) is 0 Å². The van der Waals surface area contributed by atoms with E-state index >= 15 is 0 Å². The first-order valence-corrected chi connectivity index (χ1v) is 7.54. The van der Waals surface area contributed by atoms with Gasteiger partial charge in [0.05, 0.1) is 6.20 Å². The van der Waals surface area contributed by atoms with Gasteiger partial charge in [-0.3, -0.25) is 4.68 Å². The Bertz CT molecular complexity index is 544. The molecule has 1 N–H and O–H groups in total. The van der Waals surface area contributed by atoms with E-state index in [4.69, 9.17) is 0 Å². The second kappa shape index (κ2) is 7.38. The molecule has 0 aliphatic carbocycles. The quantitative estimate of drug-likeness (QED) is 0.849. The van der Waals surface area contributed by atoms with Crippen molar-refractivity contribution in [3.05, 3.63) is 53.3 Å². The van der Waals surface area contributed by atoms with E-state index in [2.05, 4.69) is 66.7 Å². The van der Waals surface area contributed by atoms with E-state index in [0.717, 1.165) is 19.6 Å². The average molecular weight is 286 g/mol. The summed E-state index contributed by atoms with van der Waals surface area (Å²) in [5.41, 5.74) is 3.90. The summed E-state index contributed by atoms with van der Waals surface area (Å²) in [6.07, 6.45) is 4.01. The summed E-state index contributed by atoms with van der Waals surface area (Å²) in [6, 6.07) is 9.17. The molecule has 0 fully saturated rings. The Morgan fingerprint density at radius 2 is 2.00 bits per heavy atom. The van der Waals surface area contributed by atoms with E-state index in [9.17, 15) is 0 Å². The lowest BCUT2D eigenvalue weighted by Crippen LogP contribution is -2.32. The Hall–Kier alpha value is -1.65. The minimum Gasteiger partial charge on any atom is -0.309 e. The summed E-state index contributed by atoms with van der Waals surface area (Å²) in [6.45, 7) is 7.15. The third-order valence-electron chi connectivity index (χ3n) is 3.64. The Morgan fingerprint density at radius 3 is 2.57 bits per heavy atom. The van der Waals surface area contributed by atoms with Gasteiger partial charge >= 0.3 is 0 Å². The highest BCUT2D eigenvalue weighted by molar-refractivity contribution is 5.24. The summed E-state index contributed by atoms with van der Waals surface area (Å²) in [5, 5.41) is 7.81. The highest BCUT2D eigenvalue weighted by atomic mass is 15.2. The topological polar surface area (TPSA) is 33.1 Å². The summed E-state index contributed by atoms with van der Waals surface area (Å²) >= 11 is 0. The molecule has 4 heteroatoms. The number of hydrogen-bond acceptors (Lipinski definition) is 3. The zero-order valence-electron chi connectivity index (χ0n) is 13.5. The van der Waals surface area contributed by atoms with Crippen LogP contribution in [0.4, 0.5) is 0 Å². The van der Waals surface area contributed by atoms with Gasteiger partial charge in [-0.15, -0.1) is 0 Å². The third kappa shape index (κ3) is 4.69. The lowest BCUT2D eigenvalue weighted by molar-refractivity contribution is 0.285. The minimum absolute atomic E-state index is 0.359. The summed E-state index contributed by atoms with van der Waals surface area (Å²) in [4.78, 5) is 2.34. The van der Waals surface area contributed by atoms with E-state index in [1.807, 2.05) is 17.9 Å². The summed E-state index contributed by atoms with van der Waals surface area (Å²) in [5.74, 6) is 0. The first-order valence-electron chi connectivity index (χ1n) is 7.54. The molecule has 0 saturated heterocycles. The maximum Gasteiger partial charge on any atom is 0.0534 e. The zero-order valence-corrected chi connectivity index (χ0v) is 13.5. The molecule has 0 saturated carbocycles. The lowest BCUT2D eigenvalue weighted by Gasteiger charge is -2.25. The molecular weight excluding hydrogens is 260 g/mol. The van der Waals surface area contributed by atoms with Crippen LogP contribution in [0.1, 0.15) is 29.7 Å². The Kier molecular flexibility index (Phi) is 5.53. The van der Waals surface area contributed by atoms with Gasteiger partial charge in [-0.25, -0.2) is 0 Å². The van der Waals surface area contributed by atoms with Gasteiger partial charge < -0.3 is 10.2 Å². The fourth-order valence-corrected chi connectivity index (χ4v) is 2.57. The molecule has 1 heterocycles. The first-order chi connectivity index (χ1) is 10.1. The molecule has 4 nitrogen and oxygen atoms in total. The van der Waals surface area contributed by atoms with Gasteiger partial charge in [0.1, 0.15) is 0 Å². The smallest absolute Gasteiger partial charge is 0.0534 e. The van der Waals surface area contributed by atoms with Crippen LogP contribution in [0.5, 0.6) is 0 Å². The van der Waals surface area contributed by atoms with Crippen molar-refractivity contribution in [3.8, 4) is 0 Å². The number of rotatable bonds is 7. The van der Waals surface area contributed by atoms with Crippen molar-refractivity contribution >= 4 is 0 Å². The van der Waals surface area contributed by atoms with Crippen LogP contribution >= 0.6 is 0 Å². The molecule has 114 valence electrons. The molecule has 1 unspecified atom stereocenters. The predicted molar refractivity (Wildman–Crippen MR) is 87.1 cm³/mol. The number of nitrogens with one attached hydrogen (secondary N) is 1. The highest BCUT2D eigenvalue weighted by Gasteiger charge is 2.13. The largest absolute Gasteiger partial charge is 0.309 e. The number of aryl methyl sites for hydroxylation is 2. The van der Waals surface area contributed by atoms with Crippen LogP contribution in [0, 0.1) is 6.92 Å². The molecule has 0 aliphatic heterocycles. The molecule has 0 amide bonds. The van der Waals surface area contributed by atoms with Gasteiger partial charge in [0.25, 0.3) is 0 Å². The van der Waals surface area contributed by atoms with Crippen LogP contribution in [0.15, 0.2) is 36.7 Å². The maximum absolute atomic E-state index is 4.23. The number of likely N-dealkylation sites (N-methyl/N-ethyl adjacent to an activating group) is 2. The van der Waals surface area contributed by atoms with Gasteiger partial charge in [-0.1, -0.05) is 36.8 Å². The van der Waals surface area contributed by atoms with Crippen LogP contribution in [0.25, 0.3) is 0 Å². The Labute approximate surface area is 127 Å². The van der Waals surface area contributed by atoms with Crippen LogP contribution < -0.4 is 5.32 Å². The van der Waals surface area contributed by atoms with E-state index in [1.165, 1.54) is 16.7 Å². The predicted octanol–water partition coefficient (Wildman–Crippen LogP) is 2.51. The molecule has 2 aromatic rings. The average Bonchev–Trinajstić information content (AvgIpc) is 2.84. The van der Waals surface area contributed by atoms with Crippen molar-refractivity contribution in [1.29, 1.82) is 0 Å². The standard InChI is InChI=1S/C17H26N4/c1-5-18-17(16-8-6-14(2)7-9-16)13-20(3)11-15-10-19-21(4)12-15/h6-10,12,17-18H,5,11,13H2,1-4H3. The van der Waals surface area contributed by atoms with Gasteiger partial charge in [0.15, 0.2) is 0 Å². The molecule has 0 spiro atoms. The normalized spacial score (nSPS) is 12.8. The Balaban J connectivity index is 1.99. The molecule has 0 aliphatic rings. The molecule has 0 bridgehead atoms. The van der Waals surface area contributed by atoms with Gasteiger partial charge in [0.2, 0.25) is 0 Å². The summed E-state index contributed by atoms with van der Waals surface area (Å²) < 4.78 is 1.85. The molecule has 1 aromatic heterocycles. The SMILES string of the molecule is CCNC(CN(C)Cc1cnn(C)c1)c1ccc(C)cc1. The van der Waals surface area contributed by atoms with Crippen molar-refractivity contribution in [2.75, 3.05) is 20.1 Å². The van der Waals surface area contributed by atoms with Crippen molar-refractivity contribution in [2.45, 2.75) is 26.4 Å². The third-order valence-corrected chi connectivity index (χ3v) is 3.64. The van der Waals surface area contributed by atoms with Crippen molar-refractivity contribution in [2.24, 2.45) is 7.05 Å². The molecule has 0 radical (unpaired) electrons. The molecular formula is C17H26N4. The van der Waals surface area contributed by atoms with Gasteiger partial charge in [-0.05, 0) is 26.1 Å². The van der Waals surface area contributed by atoms with E-state index in [-0.39, 0.29) is 0 Å². The first kappa shape index (κ1) is 15.7. The van der Waals surface area contributed by atoms with Gasteiger partial charge in [0, 0.05) is 37.9 Å². The maximum atomic E-state index is 4.23. The molecule has 2 rings (SSSR count). The second-order valence-corrected chi connectivity index (χ2v) is 5.74. The number of benzene rings is 1. The number of hydrogen-bond donors (Lipinski definition) is 1. The fraction of sp³-hybridized carbons (Fsp3) is 0.471. The van der Waals surface area contributed by atoms with Crippen LogP contribution in [-0.4, -0.2) is 34.8 Å². The van der Waals surface area contributed by atoms with Crippen LogP contribution in [0.3, 0.4) is 0 Å². The monoisotopic (exact) mass is 286 g/mol. The van der Waals surface area contributed by atoms with Crippen molar-refractivity contribution in [1.82, 2.24) is 20.0 Å². The second-order valence-electron chi connectivity index (χ2n) is 5.74. The van der Waals surface area contributed by atoms with E-state index in [1.54, 1.807) is 0 Å². The zero-order chi connectivity index (χ0) is 15.2. The van der Waals surface area contributed by atoms with E-state index < -0.39 is 0 Å². The van der Waals surface area contributed by atoms with Crippen LogP contribution in [0.2, 0.25) is 0 Å².